The van der Waals surface area contributed by atoms with Gasteiger partial charge in [0.15, 0.2) is 0 Å². The molecule has 3 aromatic carbocycles. The maximum Gasteiger partial charge on any atom is 0.295 e. The molecule has 172 valence electrons. The summed E-state index contributed by atoms with van der Waals surface area (Å²) in [6, 6.07) is 12.4. The van der Waals surface area contributed by atoms with Crippen molar-refractivity contribution < 1.29 is 30.0 Å². The molecule has 0 saturated heterocycles. The number of furan rings is 1. The van der Waals surface area contributed by atoms with Crippen LogP contribution in [0.4, 0.5) is 20.2 Å². The summed E-state index contributed by atoms with van der Waals surface area (Å²) in [5.74, 6) is -2.45. The van der Waals surface area contributed by atoms with Crippen molar-refractivity contribution in [1.82, 2.24) is 0 Å². The summed E-state index contributed by atoms with van der Waals surface area (Å²) < 4.78 is 88.6. The van der Waals surface area contributed by atoms with E-state index >= 15 is 0 Å². The van der Waals surface area contributed by atoms with Gasteiger partial charge in [-0.15, -0.1) is 0 Å². The zero-order valence-electron chi connectivity index (χ0n) is 16.1. The minimum absolute atomic E-state index is 0.0731. The van der Waals surface area contributed by atoms with Crippen LogP contribution in [-0.4, -0.2) is 16.8 Å². The van der Waals surface area contributed by atoms with Crippen molar-refractivity contribution >= 4 is 65.6 Å². The molecule has 2 N–H and O–H groups in total. The van der Waals surface area contributed by atoms with E-state index in [4.69, 9.17) is 27.6 Å². The van der Waals surface area contributed by atoms with Gasteiger partial charge in [-0.2, -0.15) is 8.42 Å². The molecule has 0 amide bonds. The Morgan fingerprint density at radius 1 is 0.758 bits per heavy atom. The minimum atomic E-state index is -4.68. The number of hydrogen-bond acceptors (Lipinski definition) is 5. The van der Waals surface area contributed by atoms with Gasteiger partial charge in [-0.05, 0) is 36.4 Å². The molecule has 0 fully saturated rings. The van der Waals surface area contributed by atoms with Gasteiger partial charge < -0.3 is 4.42 Å². The highest BCUT2D eigenvalue weighted by molar-refractivity contribution is 7.93. The van der Waals surface area contributed by atoms with Gasteiger partial charge in [0.1, 0.15) is 22.1 Å². The number of halogens is 4. The van der Waals surface area contributed by atoms with Crippen LogP contribution in [0.25, 0.3) is 11.0 Å². The average Bonchev–Trinajstić information content (AvgIpc) is 3.18. The van der Waals surface area contributed by atoms with Crippen molar-refractivity contribution in [1.29, 1.82) is 0 Å². The number of sulfonamides is 2. The van der Waals surface area contributed by atoms with Crippen molar-refractivity contribution in [2.75, 3.05) is 9.44 Å². The quantitative estimate of drug-likeness (QED) is 0.313. The van der Waals surface area contributed by atoms with Crippen molar-refractivity contribution in [2.24, 2.45) is 0 Å². The van der Waals surface area contributed by atoms with E-state index in [0.717, 1.165) is 12.1 Å². The number of nitrogens with one attached hydrogen (secondary N) is 2. The first-order chi connectivity index (χ1) is 15.5. The molecule has 0 saturated carbocycles. The number of anilines is 2. The zero-order chi connectivity index (χ0) is 24.0. The third-order valence-electron chi connectivity index (χ3n) is 4.40. The normalized spacial score (nSPS) is 12.1. The summed E-state index contributed by atoms with van der Waals surface area (Å²) in [6.45, 7) is 0. The lowest BCUT2D eigenvalue weighted by atomic mass is 10.3. The highest BCUT2D eigenvalue weighted by Crippen LogP contribution is 2.32. The first-order valence-corrected chi connectivity index (χ1v) is 12.7. The highest BCUT2D eigenvalue weighted by atomic mass is 35.5. The van der Waals surface area contributed by atoms with Crippen molar-refractivity contribution in [3.63, 3.8) is 0 Å². The number of fused-ring (bicyclic) bond motifs is 1. The van der Waals surface area contributed by atoms with Gasteiger partial charge in [-0.3, -0.25) is 9.44 Å². The van der Waals surface area contributed by atoms with E-state index in [0.29, 0.717) is 23.1 Å². The Labute approximate surface area is 197 Å². The van der Waals surface area contributed by atoms with Crippen LogP contribution >= 0.6 is 23.2 Å². The molecule has 0 radical (unpaired) electrons. The Bertz CT molecular complexity index is 1570. The Morgan fingerprint density at radius 2 is 1.45 bits per heavy atom. The molecular formula is C20H12Cl2F2N2O5S2. The minimum Gasteiger partial charge on any atom is -0.443 e. The Morgan fingerprint density at radius 3 is 2.18 bits per heavy atom. The van der Waals surface area contributed by atoms with Crippen LogP contribution in [0.5, 0.6) is 0 Å². The molecule has 0 aliphatic rings. The van der Waals surface area contributed by atoms with E-state index < -0.39 is 46.7 Å². The van der Waals surface area contributed by atoms with Gasteiger partial charge in [0.2, 0.25) is 5.09 Å². The van der Waals surface area contributed by atoms with E-state index in [1.807, 2.05) is 4.72 Å². The van der Waals surface area contributed by atoms with Crippen molar-refractivity contribution in [2.45, 2.75) is 9.99 Å². The molecule has 0 bridgehead atoms. The summed E-state index contributed by atoms with van der Waals surface area (Å²) in [7, 11) is -9.00. The van der Waals surface area contributed by atoms with Crippen LogP contribution in [0, 0.1) is 11.6 Å². The first kappa shape index (κ1) is 23.3. The van der Waals surface area contributed by atoms with Crippen LogP contribution in [0.2, 0.25) is 10.0 Å². The fourth-order valence-corrected chi connectivity index (χ4v) is 5.40. The largest absolute Gasteiger partial charge is 0.443 e. The SMILES string of the molecule is O=S(=O)(Nc1cc(Cl)ccc1NS(=O)(=O)c1cc(F)c(Cl)cc1F)c1cc2ccccc2o1. The molecule has 1 heterocycles. The summed E-state index contributed by atoms with van der Waals surface area (Å²) in [5.41, 5.74) is -0.250. The summed E-state index contributed by atoms with van der Waals surface area (Å²) in [6.07, 6.45) is 0. The third-order valence-corrected chi connectivity index (χ3v) is 7.53. The van der Waals surface area contributed by atoms with Crippen LogP contribution in [0.1, 0.15) is 0 Å². The molecule has 33 heavy (non-hydrogen) atoms. The molecular weight excluding hydrogens is 521 g/mol. The molecule has 4 rings (SSSR count). The van der Waals surface area contributed by atoms with Gasteiger partial charge in [0.25, 0.3) is 20.0 Å². The third kappa shape index (κ3) is 4.76. The lowest BCUT2D eigenvalue weighted by molar-refractivity contribution is 0.484. The van der Waals surface area contributed by atoms with E-state index in [2.05, 4.69) is 4.72 Å². The van der Waals surface area contributed by atoms with Crippen LogP contribution in [0.15, 0.2) is 75.1 Å². The average molecular weight is 533 g/mol. The van der Waals surface area contributed by atoms with Gasteiger partial charge in [-0.25, -0.2) is 17.2 Å². The Balaban J connectivity index is 1.72. The fourth-order valence-electron chi connectivity index (χ4n) is 2.88. The van der Waals surface area contributed by atoms with Gasteiger partial charge in [0.05, 0.1) is 16.4 Å². The first-order valence-electron chi connectivity index (χ1n) is 8.94. The standard InChI is InChI=1S/C20H12Cl2F2N2O5S2/c21-12-5-6-16(25-32(27,28)19-10-14(23)13(22)9-15(19)24)17(8-12)26-33(29,30)20-7-11-3-1-2-4-18(11)31-20/h1-10,25-26H. The molecule has 0 spiro atoms. The molecule has 13 heteroatoms. The van der Waals surface area contributed by atoms with Crippen LogP contribution in [0.3, 0.4) is 0 Å². The monoisotopic (exact) mass is 532 g/mol. The molecule has 1 aromatic heterocycles. The number of rotatable bonds is 6. The Hall–Kier alpha value is -2.86. The molecule has 0 unspecified atom stereocenters. The summed E-state index contributed by atoms with van der Waals surface area (Å²) >= 11 is 11.4. The van der Waals surface area contributed by atoms with E-state index in [9.17, 15) is 25.6 Å². The number of benzene rings is 3. The van der Waals surface area contributed by atoms with Gasteiger partial charge in [-0.1, -0.05) is 41.4 Å². The second-order valence-electron chi connectivity index (χ2n) is 6.70. The number of para-hydroxylation sites is 1. The Kier molecular flexibility index (Phi) is 5.99. The summed E-state index contributed by atoms with van der Waals surface area (Å²) in [4.78, 5) is -1.02. The molecule has 0 aliphatic heterocycles. The topological polar surface area (TPSA) is 105 Å². The van der Waals surface area contributed by atoms with Crippen LogP contribution < -0.4 is 9.44 Å². The van der Waals surface area contributed by atoms with Gasteiger partial charge in [0, 0.05) is 16.5 Å². The lowest BCUT2D eigenvalue weighted by Crippen LogP contribution is -2.18. The lowest BCUT2D eigenvalue weighted by Gasteiger charge is -2.15. The van der Waals surface area contributed by atoms with E-state index in [-0.39, 0.29) is 16.4 Å². The molecule has 0 aliphatic carbocycles. The smallest absolute Gasteiger partial charge is 0.295 e. The zero-order valence-corrected chi connectivity index (χ0v) is 19.3. The summed E-state index contributed by atoms with van der Waals surface area (Å²) in [5, 5.41) is -0.422. The second kappa shape index (κ2) is 8.49. The van der Waals surface area contributed by atoms with Crippen LogP contribution in [-0.2, 0) is 20.0 Å². The molecule has 0 atom stereocenters. The molecule has 7 nitrogen and oxygen atoms in total. The maximum absolute atomic E-state index is 14.2. The maximum atomic E-state index is 14.2. The fraction of sp³-hybridized carbons (Fsp3) is 0. The predicted octanol–water partition coefficient (Wildman–Crippen LogP) is 5.62. The van der Waals surface area contributed by atoms with E-state index in [1.54, 1.807) is 24.3 Å². The molecule has 4 aromatic rings. The highest BCUT2D eigenvalue weighted by Gasteiger charge is 2.25. The van der Waals surface area contributed by atoms with Gasteiger partial charge >= 0.3 is 0 Å². The van der Waals surface area contributed by atoms with E-state index in [1.165, 1.54) is 12.1 Å². The predicted molar refractivity (Wildman–Crippen MR) is 121 cm³/mol. The van der Waals surface area contributed by atoms with Crippen molar-refractivity contribution in [3.05, 3.63) is 82.3 Å². The number of hydrogen-bond donors (Lipinski definition) is 2. The second-order valence-corrected chi connectivity index (χ2v) is 10.8. The van der Waals surface area contributed by atoms with Crippen molar-refractivity contribution in [3.8, 4) is 0 Å².